The van der Waals surface area contributed by atoms with E-state index in [1.54, 1.807) is 24.3 Å². The first-order valence-electron chi connectivity index (χ1n) is 10.2. The van der Waals surface area contributed by atoms with E-state index in [4.69, 9.17) is 0 Å². The highest BCUT2D eigenvalue weighted by molar-refractivity contribution is 6.05. The number of carbonyl (C=O) groups is 2. The van der Waals surface area contributed by atoms with Crippen LogP contribution < -0.4 is 10.2 Å². The van der Waals surface area contributed by atoms with Crippen LogP contribution in [0.2, 0.25) is 0 Å². The Balaban J connectivity index is 1.36. The quantitative estimate of drug-likeness (QED) is 0.715. The lowest BCUT2D eigenvalue weighted by molar-refractivity contribution is 0.0746. The Labute approximate surface area is 176 Å². The third-order valence-electron chi connectivity index (χ3n) is 5.36. The van der Waals surface area contributed by atoms with Crippen molar-refractivity contribution in [2.75, 3.05) is 36.4 Å². The van der Waals surface area contributed by atoms with Crippen LogP contribution in [0.15, 0.2) is 78.9 Å². The number of rotatable bonds is 4. The molecule has 1 N–H and O–H groups in total. The zero-order valence-electron chi connectivity index (χ0n) is 17.0. The third-order valence-corrected chi connectivity index (χ3v) is 5.36. The van der Waals surface area contributed by atoms with Crippen LogP contribution in [0.5, 0.6) is 0 Å². The number of para-hydroxylation sites is 1. The van der Waals surface area contributed by atoms with E-state index in [0.717, 1.165) is 24.3 Å². The van der Waals surface area contributed by atoms with E-state index in [9.17, 15) is 9.59 Å². The predicted octanol–water partition coefficient (Wildman–Crippen LogP) is 4.21. The Bertz CT molecular complexity index is 1020. The minimum Gasteiger partial charge on any atom is -0.368 e. The molecule has 1 saturated heterocycles. The van der Waals surface area contributed by atoms with Gasteiger partial charge < -0.3 is 15.1 Å². The smallest absolute Gasteiger partial charge is 0.255 e. The Morgan fingerprint density at radius 1 is 0.767 bits per heavy atom. The molecule has 0 spiro atoms. The fraction of sp³-hybridized carbons (Fsp3) is 0.200. The number of aryl methyl sites for hydroxylation is 1. The molecule has 0 radical (unpaired) electrons. The Kier molecular flexibility index (Phi) is 5.80. The van der Waals surface area contributed by atoms with Gasteiger partial charge in [0, 0.05) is 48.7 Å². The second-order valence-electron chi connectivity index (χ2n) is 7.52. The molecule has 3 aromatic carbocycles. The molecule has 1 fully saturated rings. The summed E-state index contributed by atoms with van der Waals surface area (Å²) in [6.07, 6.45) is 0. The van der Waals surface area contributed by atoms with E-state index in [1.165, 1.54) is 5.69 Å². The number of hydrogen-bond donors (Lipinski definition) is 1. The van der Waals surface area contributed by atoms with E-state index >= 15 is 0 Å². The van der Waals surface area contributed by atoms with Crippen molar-refractivity contribution in [2.24, 2.45) is 0 Å². The van der Waals surface area contributed by atoms with E-state index in [1.807, 2.05) is 54.3 Å². The number of carbonyl (C=O) groups excluding carboxylic acids is 2. The SMILES string of the molecule is Cc1cccc(NC(=O)c2ccc(C(=O)N3CCN(c4ccccc4)CC3)cc2)c1. The first-order chi connectivity index (χ1) is 14.6. The summed E-state index contributed by atoms with van der Waals surface area (Å²) in [6.45, 7) is 4.97. The van der Waals surface area contributed by atoms with Crippen molar-refractivity contribution in [3.05, 3.63) is 95.6 Å². The fourth-order valence-corrected chi connectivity index (χ4v) is 3.68. The molecule has 4 rings (SSSR count). The van der Waals surface area contributed by atoms with Gasteiger partial charge in [-0.2, -0.15) is 0 Å². The van der Waals surface area contributed by atoms with Gasteiger partial charge in [-0.3, -0.25) is 9.59 Å². The van der Waals surface area contributed by atoms with Gasteiger partial charge in [-0.15, -0.1) is 0 Å². The molecule has 0 bridgehead atoms. The lowest BCUT2D eigenvalue weighted by Gasteiger charge is -2.36. The predicted molar refractivity (Wildman–Crippen MR) is 120 cm³/mol. The van der Waals surface area contributed by atoms with Crippen LogP contribution in [0.3, 0.4) is 0 Å². The molecular weight excluding hydrogens is 374 g/mol. The Hall–Kier alpha value is -3.60. The first kappa shape index (κ1) is 19.7. The molecule has 2 amide bonds. The fourth-order valence-electron chi connectivity index (χ4n) is 3.68. The normalized spacial score (nSPS) is 13.8. The standard InChI is InChI=1S/C25H25N3O2/c1-19-6-5-7-22(18-19)26-24(29)20-10-12-21(13-11-20)25(30)28-16-14-27(15-17-28)23-8-3-2-4-9-23/h2-13,18H,14-17H2,1H3,(H,26,29). The second kappa shape index (κ2) is 8.82. The van der Waals surface area contributed by atoms with Crippen molar-refractivity contribution in [2.45, 2.75) is 6.92 Å². The van der Waals surface area contributed by atoms with Crippen molar-refractivity contribution < 1.29 is 9.59 Å². The van der Waals surface area contributed by atoms with Crippen molar-refractivity contribution in [1.82, 2.24) is 4.90 Å². The zero-order chi connectivity index (χ0) is 20.9. The molecule has 0 aromatic heterocycles. The highest BCUT2D eigenvalue weighted by atomic mass is 16.2. The summed E-state index contributed by atoms with van der Waals surface area (Å²) in [5, 5.41) is 2.89. The number of hydrogen-bond acceptors (Lipinski definition) is 3. The Morgan fingerprint density at radius 3 is 2.10 bits per heavy atom. The molecule has 0 aliphatic carbocycles. The second-order valence-corrected chi connectivity index (χ2v) is 7.52. The van der Waals surface area contributed by atoms with E-state index < -0.39 is 0 Å². The summed E-state index contributed by atoms with van der Waals surface area (Å²) in [7, 11) is 0. The van der Waals surface area contributed by atoms with Crippen LogP contribution in [0, 0.1) is 6.92 Å². The topological polar surface area (TPSA) is 52.7 Å². The zero-order valence-corrected chi connectivity index (χ0v) is 17.0. The van der Waals surface area contributed by atoms with Crippen LogP contribution in [0.25, 0.3) is 0 Å². The molecule has 5 heteroatoms. The maximum Gasteiger partial charge on any atom is 0.255 e. The number of nitrogens with zero attached hydrogens (tertiary/aromatic N) is 2. The van der Waals surface area contributed by atoms with Gasteiger partial charge >= 0.3 is 0 Å². The first-order valence-corrected chi connectivity index (χ1v) is 10.2. The highest BCUT2D eigenvalue weighted by Crippen LogP contribution is 2.17. The monoisotopic (exact) mass is 399 g/mol. The number of benzene rings is 3. The summed E-state index contributed by atoms with van der Waals surface area (Å²) < 4.78 is 0. The third kappa shape index (κ3) is 4.51. The van der Waals surface area contributed by atoms with Crippen LogP contribution in [-0.2, 0) is 0 Å². The lowest BCUT2D eigenvalue weighted by atomic mass is 10.1. The maximum atomic E-state index is 12.9. The lowest BCUT2D eigenvalue weighted by Crippen LogP contribution is -2.48. The summed E-state index contributed by atoms with van der Waals surface area (Å²) in [4.78, 5) is 29.5. The number of nitrogens with one attached hydrogen (secondary N) is 1. The summed E-state index contributed by atoms with van der Waals surface area (Å²) >= 11 is 0. The highest BCUT2D eigenvalue weighted by Gasteiger charge is 2.22. The van der Waals surface area contributed by atoms with Gasteiger partial charge in [-0.25, -0.2) is 0 Å². The molecule has 0 saturated carbocycles. The molecule has 0 unspecified atom stereocenters. The van der Waals surface area contributed by atoms with Crippen molar-refractivity contribution in [3.63, 3.8) is 0 Å². The largest absolute Gasteiger partial charge is 0.368 e. The molecule has 1 aliphatic heterocycles. The summed E-state index contributed by atoms with van der Waals surface area (Å²) in [6, 6.07) is 24.8. The molecule has 5 nitrogen and oxygen atoms in total. The van der Waals surface area contributed by atoms with Gasteiger partial charge in [-0.1, -0.05) is 30.3 Å². The minimum atomic E-state index is -0.184. The van der Waals surface area contributed by atoms with Gasteiger partial charge in [0.05, 0.1) is 0 Å². The molecular formula is C25H25N3O2. The Morgan fingerprint density at radius 2 is 1.43 bits per heavy atom. The maximum absolute atomic E-state index is 12.9. The van der Waals surface area contributed by atoms with Crippen molar-refractivity contribution in [3.8, 4) is 0 Å². The van der Waals surface area contributed by atoms with E-state index in [2.05, 4.69) is 22.3 Å². The number of piperazine rings is 1. The summed E-state index contributed by atoms with van der Waals surface area (Å²) in [5.41, 5.74) is 4.17. The number of anilines is 2. The van der Waals surface area contributed by atoms with Gasteiger partial charge in [0.1, 0.15) is 0 Å². The summed E-state index contributed by atoms with van der Waals surface area (Å²) in [5.74, 6) is -0.176. The minimum absolute atomic E-state index is 0.00774. The van der Waals surface area contributed by atoms with Crippen molar-refractivity contribution in [1.29, 1.82) is 0 Å². The van der Waals surface area contributed by atoms with Gasteiger partial charge in [0.15, 0.2) is 0 Å². The van der Waals surface area contributed by atoms with Crippen LogP contribution >= 0.6 is 0 Å². The molecule has 1 aliphatic rings. The molecule has 0 atom stereocenters. The van der Waals surface area contributed by atoms with Crippen LogP contribution in [0.4, 0.5) is 11.4 Å². The number of amides is 2. The van der Waals surface area contributed by atoms with Crippen LogP contribution in [-0.4, -0.2) is 42.9 Å². The van der Waals surface area contributed by atoms with E-state index in [-0.39, 0.29) is 11.8 Å². The molecule has 3 aromatic rings. The molecule has 30 heavy (non-hydrogen) atoms. The average Bonchev–Trinajstić information content (AvgIpc) is 2.79. The van der Waals surface area contributed by atoms with Crippen molar-refractivity contribution >= 4 is 23.2 Å². The van der Waals surface area contributed by atoms with Gasteiger partial charge in [0.25, 0.3) is 11.8 Å². The molecule has 1 heterocycles. The molecule has 152 valence electrons. The van der Waals surface area contributed by atoms with E-state index in [0.29, 0.717) is 24.2 Å². The van der Waals surface area contributed by atoms with Crippen LogP contribution in [0.1, 0.15) is 26.3 Å². The van der Waals surface area contributed by atoms with Gasteiger partial charge in [0.2, 0.25) is 0 Å². The van der Waals surface area contributed by atoms with Gasteiger partial charge in [-0.05, 0) is 61.0 Å². The average molecular weight is 399 g/mol.